The van der Waals surface area contributed by atoms with E-state index in [0.717, 1.165) is 10.6 Å². The van der Waals surface area contributed by atoms with Gasteiger partial charge in [-0.1, -0.05) is 6.07 Å². The number of ether oxygens (including phenoxy) is 2. The van der Waals surface area contributed by atoms with Crippen LogP contribution in [-0.2, 0) is 0 Å². The predicted molar refractivity (Wildman–Crippen MR) is 70.7 cm³/mol. The van der Waals surface area contributed by atoms with Crippen LogP contribution >= 0.6 is 11.3 Å². The van der Waals surface area contributed by atoms with E-state index >= 15 is 0 Å². The van der Waals surface area contributed by atoms with Gasteiger partial charge in [0.2, 0.25) is 0 Å². The quantitative estimate of drug-likeness (QED) is 0.795. The Morgan fingerprint density at radius 1 is 1.28 bits per heavy atom. The molecule has 0 fully saturated rings. The number of rotatable bonds is 4. The van der Waals surface area contributed by atoms with Gasteiger partial charge in [-0.25, -0.2) is 4.98 Å². The molecule has 0 aliphatic rings. The van der Waals surface area contributed by atoms with Gasteiger partial charge in [-0.05, 0) is 12.1 Å². The van der Waals surface area contributed by atoms with Gasteiger partial charge in [0.25, 0.3) is 0 Å². The summed E-state index contributed by atoms with van der Waals surface area (Å²) >= 11 is 1.41. The predicted octanol–water partition coefficient (Wildman–Crippen LogP) is 3.03. The zero-order chi connectivity index (χ0) is 13.1. The third kappa shape index (κ3) is 2.22. The highest BCUT2D eigenvalue weighted by Crippen LogP contribution is 2.38. The van der Waals surface area contributed by atoms with Crippen LogP contribution in [-0.4, -0.2) is 25.0 Å². The van der Waals surface area contributed by atoms with Crippen LogP contribution < -0.4 is 9.47 Å². The van der Waals surface area contributed by atoms with Gasteiger partial charge in [-0.3, -0.25) is 4.79 Å². The van der Waals surface area contributed by atoms with Gasteiger partial charge in [0, 0.05) is 12.3 Å². The van der Waals surface area contributed by atoms with Gasteiger partial charge in [0.05, 0.1) is 19.8 Å². The molecule has 0 atom stereocenters. The number of nitrogens with zero attached hydrogens (tertiary/aromatic N) is 1. The molecule has 4 nitrogen and oxygen atoms in total. The van der Waals surface area contributed by atoms with E-state index in [2.05, 4.69) is 4.98 Å². The Morgan fingerprint density at radius 2 is 2.06 bits per heavy atom. The molecule has 5 heteroatoms. The smallest absolute Gasteiger partial charge is 0.178 e. The van der Waals surface area contributed by atoms with Gasteiger partial charge in [-0.15, -0.1) is 11.3 Å². The number of ketones is 1. The van der Waals surface area contributed by atoms with E-state index in [1.807, 2.05) is 18.2 Å². The van der Waals surface area contributed by atoms with E-state index in [1.54, 1.807) is 19.6 Å². The molecule has 0 aliphatic heterocycles. The molecule has 0 N–H and O–H groups in total. The minimum atomic E-state index is -0.0423. The highest BCUT2D eigenvalue weighted by molar-refractivity contribution is 7.13. The van der Waals surface area contributed by atoms with Gasteiger partial charge in [0.1, 0.15) is 10.7 Å². The standard InChI is InChI=1S/C13H13NO3S/c1-8(15)10-7-18-13(14-10)9-5-4-6-11(16-2)12(9)17-3/h4-7H,1-3H3. The first kappa shape index (κ1) is 12.6. The van der Waals surface area contributed by atoms with Gasteiger partial charge in [0.15, 0.2) is 17.3 Å². The van der Waals surface area contributed by atoms with Crippen LogP contribution in [0.2, 0.25) is 0 Å². The van der Waals surface area contributed by atoms with Crippen molar-refractivity contribution < 1.29 is 14.3 Å². The monoisotopic (exact) mass is 263 g/mol. The highest BCUT2D eigenvalue weighted by atomic mass is 32.1. The number of carbonyl (C=O) groups is 1. The molecule has 0 saturated heterocycles. The topological polar surface area (TPSA) is 48.4 Å². The summed E-state index contributed by atoms with van der Waals surface area (Å²) in [5.41, 5.74) is 1.30. The number of carbonyl (C=O) groups excluding carboxylic acids is 1. The summed E-state index contributed by atoms with van der Waals surface area (Å²) in [4.78, 5) is 15.6. The number of hydrogen-bond acceptors (Lipinski definition) is 5. The van der Waals surface area contributed by atoms with Crippen LogP contribution in [0, 0.1) is 0 Å². The van der Waals surface area contributed by atoms with Crippen molar-refractivity contribution in [2.24, 2.45) is 0 Å². The van der Waals surface area contributed by atoms with Crippen LogP contribution in [0.1, 0.15) is 17.4 Å². The zero-order valence-corrected chi connectivity index (χ0v) is 11.2. The van der Waals surface area contributed by atoms with E-state index in [9.17, 15) is 4.79 Å². The molecule has 0 amide bonds. The molecule has 1 aromatic heterocycles. The first-order valence-electron chi connectivity index (χ1n) is 5.35. The van der Waals surface area contributed by atoms with E-state index in [1.165, 1.54) is 18.3 Å². The number of para-hydroxylation sites is 1. The lowest BCUT2D eigenvalue weighted by molar-refractivity contribution is 0.101. The first-order valence-corrected chi connectivity index (χ1v) is 6.23. The fourth-order valence-electron chi connectivity index (χ4n) is 1.61. The lowest BCUT2D eigenvalue weighted by Crippen LogP contribution is -1.94. The third-order valence-electron chi connectivity index (χ3n) is 2.50. The average Bonchev–Trinajstić information content (AvgIpc) is 2.87. The van der Waals surface area contributed by atoms with Crippen molar-refractivity contribution in [2.75, 3.05) is 14.2 Å². The summed E-state index contributed by atoms with van der Waals surface area (Å²) in [7, 11) is 3.17. The van der Waals surface area contributed by atoms with Crippen molar-refractivity contribution in [1.29, 1.82) is 0 Å². The van der Waals surface area contributed by atoms with Crippen molar-refractivity contribution in [2.45, 2.75) is 6.92 Å². The Kier molecular flexibility index (Phi) is 3.62. The summed E-state index contributed by atoms with van der Waals surface area (Å²) in [6.07, 6.45) is 0. The maximum Gasteiger partial charge on any atom is 0.178 e. The van der Waals surface area contributed by atoms with E-state index in [0.29, 0.717) is 17.2 Å². The minimum absolute atomic E-state index is 0.0423. The normalized spacial score (nSPS) is 10.2. The summed E-state index contributed by atoms with van der Waals surface area (Å²) in [5.74, 6) is 1.23. The van der Waals surface area contributed by atoms with Crippen LogP contribution in [0.25, 0.3) is 10.6 Å². The molecule has 94 valence electrons. The Bertz CT molecular complexity index is 577. The number of methoxy groups -OCH3 is 2. The summed E-state index contributed by atoms with van der Waals surface area (Å²) < 4.78 is 10.6. The molecule has 1 aromatic carbocycles. The fraction of sp³-hybridized carbons (Fsp3) is 0.231. The maximum absolute atomic E-state index is 11.3. The summed E-state index contributed by atoms with van der Waals surface area (Å²) in [5, 5.41) is 2.49. The van der Waals surface area contributed by atoms with E-state index in [4.69, 9.17) is 9.47 Å². The number of aromatic nitrogens is 1. The van der Waals surface area contributed by atoms with E-state index in [-0.39, 0.29) is 5.78 Å². The van der Waals surface area contributed by atoms with Crippen molar-refractivity contribution in [3.63, 3.8) is 0 Å². The molecular formula is C13H13NO3S. The number of Topliss-reactive ketones (excluding diaryl/α,β-unsaturated/α-hetero) is 1. The summed E-state index contributed by atoms with van der Waals surface area (Å²) in [6, 6.07) is 5.58. The summed E-state index contributed by atoms with van der Waals surface area (Å²) in [6.45, 7) is 1.50. The molecule has 0 saturated carbocycles. The van der Waals surface area contributed by atoms with Crippen LogP contribution in [0.3, 0.4) is 0 Å². The van der Waals surface area contributed by atoms with Gasteiger partial charge in [-0.2, -0.15) is 0 Å². The molecule has 0 bridgehead atoms. The Morgan fingerprint density at radius 3 is 2.61 bits per heavy atom. The number of thiazole rings is 1. The second-order valence-corrected chi connectivity index (χ2v) is 4.49. The highest BCUT2D eigenvalue weighted by Gasteiger charge is 2.15. The minimum Gasteiger partial charge on any atom is -0.493 e. The lowest BCUT2D eigenvalue weighted by Gasteiger charge is -2.10. The Balaban J connectivity index is 2.52. The van der Waals surface area contributed by atoms with Crippen LogP contribution in [0.4, 0.5) is 0 Å². The lowest BCUT2D eigenvalue weighted by atomic mass is 10.2. The molecule has 0 radical (unpaired) electrons. The number of benzene rings is 1. The fourth-order valence-corrected chi connectivity index (χ4v) is 2.50. The largest absolute Gasteiger partial charge is 0.493 e. The average molecular weight is 263 g/mol. The molecule has 1 heterocycles. The number of hydrogen-bond donors (Lipinski definition) is 0. The van der Waals surface area contributed by atoms with Crippen molar-refractivity contribution in [3.05, 3.63) is 29.3 Å². The van der Waals surface area contributed by atoms with Crippen molar-refractivity contribution in [3.8, 4) is 22.1 Å². The molecule has 2 aromatic rings. The van der Waals surface area contributed by atoms with Gasteiger partial charge < -0.3 is 9.47 Å². The van der Waals surface area contributed by atoms with E-state index < -0.39 is 0 Å². The van der Waals surface area contributed by atoms with Crippen molar-refractivity contribution >= 4 is 17.1 Å². The molecule has 0 unspecified atom stereocenters. The second kappa shape index (κ2) is 5.18. The molecule has 0 aliphatic carbocycles. The van der Waals surface area contributed by atoms with Gasteiger partial charge >= 0.3 is 0 Å². The molecule has 18 heavy (non-hydrogen) atoms. The molecular weight excluding hydrogens is 250 g/mol. The molecule has 0 spiro atoms. The zero-order valence-electron chi connectivity index (χ0n) is 10.4. The first-order chi connectivity index (χ1) is 8.67. The second-order valence-electron chi connectivity index (χ2n) is 3.64. The maximum atomic E-state index is 11.3. The third-order valence-corrected chi connectivity index (χ3v) is 3.37. The SMILES string of the molecule is COc1cccc(-c2nc(C(C)=O)cs2)c1OC. The molecule has 2 rings (SSSR count). The Hall–Kier alpha value is -1.88. The van der Waals surface area contributed by atoms with Crippen molar-refractivity contribution in [1.82, 2.24) is 4.98 Å². The van der Waals surface area contributed by atoms with Crippen LogP contribution in [0.5, 0.6) is 11.5 Å². The Labute approximate surface area is 109 Å². The van der Waals surface area contributed by atoms with Crippen LogP contribution in [0.15, 0.2) is 23.6 Å².